The summed E-state index contributed by atoms with van der Waals surface area (Å²) in [4.78, 5) is 37.2. The number of ether oxygens (including phenoxy) is 2. The molecule has 0 aliphatic carbocycles. The van der Waals surface area contributed by atoms with Crippen molar-refractivity contribution in [2.45, 2.75) is 61.5 Å². The Morgan fingerprint density at radius 1 is 0.921 bits per heavy atom. The molecule has 13 nitrogen and oxygen atoms in total. The van der Waals surface area contributed by atoms with Gasteiger partial charge in [0.15, 0.2) is 43.6 Å². The van der Waals surface area contributed by atoms with Crippen molar-refractivity contribution in [1.82, 2.24) is 9.80 Å². The van der Waals surface area contributed by atoms with Gasteiger partial charge in [0, 0.05) is 21.9 Å². The average Bonchev–Trinajstić information content (AvgIpc) is 3.35. The second-order valence-corrected chi connectivity index (χ2v) is 11.0. The van der Waals surface area contributed by atoms with Gasteiger partial charge in [-0.05, 0) is 17.7 Å². The molecule has 206 valence electrons. The standard InChI is InChI=1S/C11H15NO5P2.C10H11NO6P2/c1-6-2-3-12(8(13)4-6)11-10(17-18)9(14)7(16-11)5-19-15;12-5-1-2-11(7(13)3-5)10-8(14)9(19-16)6(17-10)4-18-15/h2-3,7,9-11,14H,1,4-5,18H2;1-2,6,8-10,14H,3-4H2/t7?,9-,10-,11-;6?,8-,9-,10-/m11/s1. The number of carbonyl (C=O) groups excluding carboxylic acids is 3. The fourth-order valence-corrected chi connectivity index (χ4v) is 6.19. The maximum Gasteiger partial charge on any atom is 0.236 e. The molecule has 4 heterocycles. The van der Waals surface area contributed by atoms with Crippen LogP contribution in [-0.2, 0) is 42.1 Å². The van der Waals surface area contributed by atoms with Crippen molar-refractivity contribution in [2.24, 2.45) is 0 Å². The van der Waals surface area contributed by atoms with E-state index in [2.05, 4.69) is 16.0 Å². The number of hydrogen-bond donors (Lipinski definition) is 2. The van der Waals surface area contributed by atoms with Gasteiger partial charge in [0.2, 0.25) is 11.8 Å². The van der Waals surface area contributed by atoms with Crippen molar-refractivity contribution >= 4 is 52.4 Å². The molecule has 17 heteroatoms. The van der Waals surface area contributed by atoms with Gasteiger partial charge in [-0.1, -0.05) is 6.58 Å². The minimum Gasteiger partial charge on any atom is -0.387 e. The molecule has 4 rings (SSSR count). The molecule has 0 aromatic heterocycles. The number of hydrogen-bond acceptors (Lipinski definition) is 11. The number of aliphatic hydroxyl groups is 2. The van der Waals surface area contributed by atoms with Crippen LogP contribution in [0.4, 0.5) is 0 Å². The number of allylic oxidation sites excluding steroid dienone is 2. The summed E-state index contributed by atoms with van der Waals surface area (Å²) >= 11 is 0. The van der Waals surface area contributed by atoms with Crippen LogP contribution in [0.2, 0.25) is 0 Å². The van der Waals surface area contributed by atoms with Gasteiger partial charge < -0.3 is 24.2 Å². The van der Waals surface area contributed by atoms with Gasteiger partial charge >= 0.3 is 0 Å². The second-order valence-electron chi connectivity index (χ2n) is 8.64. The van der Waals surface area contributed by atoms with E-state index >= 15 is 0 Å². The van der Waals surface area contributed by atoms with E-state index in [0.717, 1.165) is 10.5 Å². The first-order valence-corrected chi connectivity index (χ1v) is 14.6. The summed E-state index contributed by atoms with van der Waals surface area (Å²) in [5.41, 5.74) is -0.0250. The molecule has 38 heavy (non-hydrogen) atoms. The first-order chi connectivity index (χ1) is 18.2. The highest BCUT2D eigenvalue weighted by Gasteiger charge is 2.49. The summed E-state index contributed by atoms with van der Waals surface area (Å²) in [5, 5.41) is 20.1. The molecule has 0 spiro atoms. The molecule has 2 fully saturated rings. The van der Waals surface area contributed by atoms with Crippen LogP contribution in [0.3, 0.4) is 0 Å². The Morgan fingerprint density at radius 3 is 2.08 bits per heavy atom. The van der Waals surface area contributed by atoms with E-state index in [1.807, 2.05) is 0 Å². The van der Waals surface area contributed by atoms with Gasteiger partial charge in [-0.2, -0.15) is 0 Å². The maximum absolute atomic E-state index is 12.0. The first kappa shape index (κ1) is 30.9. The van der Waals surface area contributed by atoms with Crippen LogP contribution in [-0.4, -0.2) is 98.6 Å². The quantitative estimate of drug-likeness (QED) is 0.300. The van der Waals surface area contributed by atoms with E-state index in [1.165, 1.54) is 17.2 Å². The third kappa shape index (κ3) is 6.92. The van der Waals surface area contributed by atoms with Gasteiger partial charge in [-0.3, -0.25) is 37.9 Å². The third-order valence-electron chi connectivity index (χ3n) is 6.16. The Morgan fingerprint density at radius 2 is 1.50 bits per heavy atom. The Kier molecular flexibility index (Phi) is 11.5. The Labute approximate surface area is 225 Å². The predicted octanol–water partition coefficient (Wildman–Crippen LogP) is 1.18. The lowest BCUT2D eigenvalue weighted by atomic mass is 10.1. The lowest BCUT2D eigenvalue weighted by molar-refractivity contribution is -0.147. The average molecular weight is 606 g/mol. The fourth-order valence-electron chi connectivity index (χ4n) is 4.24. The van der Waals surface area contributed by atoms with Crippen LogP contribution in [0.1, 0.15) is 12.8 Å². The molecule has 0 radical (unpaired) electrons. The summed E-state index contributed by atoms with van der Waals surface area (Å²) in [6, 6.07) is 0. The van der Waals surface area contributed by atoms with Crippen LogP contribution in [0, 0.1) is 0 Å². The zero-order chi connectivity index (χ0) is 28.0. The molecule has 0 bridgehead atoms. The van der Waals surface area contributed by atoms with Crippen molar-refractivity contribution in [1.29, 1.82) is 0 Å². The Bertz CT molecular complexity index is 1040. The van der Waals surface area contributed by atoms with Gasteiger partial charge in [0.1, 0.15) is 18.3 Å². The number of aliphatic hydroxyl groups excluding tert-OH is 2. The largest absolute Gasteiger partial charge is 0.387 e. The molecule has 3 unspecified atom stereocenters. The Hall–Kier alpha value is -1.64. The first-order valence-electron chi connectivity index (χ1n) is 11.3. The van der Waals surface area contributed by atoms with Crippen molar-refractivity contribution < 1.29 is 52.3 Å². The number of carbonyl (C=O) groups is 3. The monoisotopic (exact) mass is 606 g/mol. The van der Waals surface area contributed by atoms with Crippen LogP contribution < -0.4 is 0 Å². The van der Waals surface area contributed by atoms with E-state index < -0.39 is 54.5 Å². The van der Waals surface area contributed by atoms with E-state index in [9.17, 15) is 38.3 Å². The molecule has 0 aromatic rings. The highest BCUT2D eigenvalue weighted by atomic mass is 31.1. The summed E-state index contributed by atoms with van der Waals surface area (Å²) in [6.07, 6.45) is 0.102. The van der Waals surface area contributed by atoms with E-state index in [4.69, 9.17) is 14.0 Å². The van der Waals surface area contributed by atoms with Gasteiger partial charge in [0.25, 0.3) is 0 Å². The van der Waals surface area contributed by atoms with Crippen molar-refractivity contribution in [3.63, 3.8) is 0 Å². The van der Waals surface area contributed by atoms with Crippen LogP contribution >= 0.6 is 34.8 Å². The molecule has 4 aliphatic rings. The minimum absolute atomic E-state index is 0.0815. The molecule has 2 saturated heterocycles. The van der Waals surface area contributed by atoms with Crippen LogP contribution in [0.15, 0.2) is 36.7 Å². The van der Waals surface area contributed by atoms with Crippen LogP contribution in [0.5, 0.6) is 0 Å². The lowest BCUT2D eigenvalue weighted by Gasteiger charge is -2.31. The van der Waals surface area contributed by atoms with Gasteiger partial charge in [0.05, 0.1) is 43.0 Å². The third-order valence-corrected chi connectivity index (χ3v) is 8.37. The molecule has 2 amide bonds. The lowest BCUT2D eigenvalue weighted by Crippen LogP contribution is -2.45. The van der Waals surface area contributed by atoms with Crippen LogP contribution in [0.25, 0.3) is 0 Å². The van der Waals surface area contributed by atoms with Gasteiger partial charge in [-0.25, -0.2) is 0 Å². The SMILES string of the molecule is C=C1C=CN([C@@H]2OC(CP=O)[C@@H](O)[C@H]2OP)C(=O)C1.O=PCC1O[C@@H](N2C=CC(=O)CC2=O)[C@H](O)[C@@H]1P=O. The van der Waals surface area contributed by atoms with E-state index in [1.54, 1.807) is 12.3 Å². The molecule has 0 aromatic carbocycles. The molecule has 9 atom stereocenters. The molecule has 0 saturated carbocycles. The van der Waals surface area contributed by atoms with Gasteiger partial charge in [-0.15, -0.1) is 0 Å². The predicted molar refractivity (Wildman–Crippen MR) is 136 cm³/mol. The molecule has 4 aliphatic heterocycles. The summed E-state index contributed by atoms with van der Waals surface area (Å²) < 4.78 is 48.5. The van der Waals surface area contributed by atoms with E-state index in [-0.39, 0.29) is 62.2 Å². The smallest absolute Gasteiger partial charge is 0.236 e. The number of amides is 2. The van der Waals surface area contributed by atoms with Crippen molar-refractivity contribution in [2.75, 3.05) is 12.3 Å². The highest BCUT2D eigenvalue weighted by Crippen LogP contribution is 2.34. The highest BCUT2D eigenvalue weighted by molar-refractivity contribution is 7.26. The summed E-state index contributed by atoms with van der Waals surface area (Å²) in [7, 11) is 1.42. The topological polar surface area (TPSA) is 177 Å². The van der Waals surface area contributed by atoms with Crippen molar-refractivity contribution in [3.8, 4) is 0 Å². The summed E-state index contributed by atoms with van der Waals surface area (Å²) in [5.74, 6) is -0.975. The zero-order valence-electron chi connectivity index (χ0n) is 19.8. The number of ketones is 1. The molecular weight excluding hydrogens is 580 g/mol. The normalized spacial score (nSPS) is 35.4. The fraction of sp³-hybridized carbons (Fsp3) is 0.571. The molecular formula is C21H26N2O11P4. The minimum atomic E-state index is -1.16. The second kappa shape index (κ2) is 14.1. The summed E-state index contributed by atoms with van der Waals surface area (Å²) in [6.45, 7) is 3.72. The zero-order valence-corrected chi connectivity index (χ0v) is 23.7. The van der Waals surface area contributed by atoms with Crippen molar-refractivity contribution in [3.05, 3.63) is 36.7 Å². The maximum atomic E-state index is 12.0. The van der Waals surface area contributed by atoms with E-state index in [0.29, 0.717) is 0 Å². The Balaban J connectivity index is 0.000000211. The molecule has 2 N–H and O–H groups in total. The number of rotatable bonds is 8. The number of nitrogens with zero attached hydrogens (tertiary/aromatic N) is 2.